The number of rotatable bonds is 6. The number of ketones is 1. The molecule has 1 aromatic heterocycles. The average molecular weight is 363 g/mol. The minimum atomic E-state index is -1.04. The van der Waals surface area contributed by atoms with Gasteiger partial charge in [0.25, 0.3) is 5.78 Å². The minimum absolute atomic E-state index is 0.298. The summed E-state index contributed by atoms with van der Waals surface area (Å²) in [5.74, 6) is -1.71. The van der Waals surface area contributed by atoms with E-state index in [1.54, 1.807) is 24.3 Å². The number of hydrogen-bond acceptors (Lipinski definition) is 6. The molecule has 136 valence electrons. The number of aliphatic hydroxyl groups excluding tert-OH is 1. The highest BCUT2D eigenvalue weighted by Gasteiger charge is 2.12. The fourth-order valence-electron chi connectivity index (χ4n) is 2.43. The molecule has 6 nitrogen and oxygen atoms in total. The first-order valence-electron chi connectivity index (χ1n) is 8.17. The molecule has 0 bridgehead atoms. The molecule has 3 aromatic rings. The summed E-state index contributed by atoms with van der Waals surface area (Å²) in [6, 6.07) is 18.2. The van der Waals surface area contributed by atoms with Crippen molar-refractivity contribution in [1.29, 1.82) is 0 Å². The number of para-hydroxylation sites is 1. The molecule has 27 heavy (non-hydrogen) atoms. The maximum absolute atomic E-state index is 11.4. The fourth-order valence-corrected chi connectivity index (χ4v) is 2.43. The summed E-state index contributed by atoms with van der Waals surface area (Å²) in [6.07, 6.45) is 0.820. The van der Waals surface area contributed by atoms with E-state index in [1.165, 1.54) is 0 Å². The highest BCUT2D eigenvalue weighted by atomic mass is 16.5. The van der Waals surface area contributed by atoms with Crippen LogP contribution in [0.4, 0.5) is 0 Å². The van der Waals surface area contributed by atoms with Crippen LogP contribution in [0, 0.1) is 0 Å². The zero-order valence-electron chi connectivity index (χ0n) is 14.6. The van der Waals surface area contributed by atoms with Crippen LogP contribution in [-0.2, 0) is 20.9 Å². The smallest absolute Gasteiger partial charge is 0.378 e. The number of aliphatic hydroxyl groups is 1. The predicted octanol–water partition coefficient (Wildman–Crippen LogP) is 3.45. The van der Waals surface area contributed by atoms with Crippen LogP contribution in [0.1, 0.15) is 11.3 Å². The largest absolute Gasteiger partial charge is 0.507 e. The van der Waals surface area contributed by atoms with Crippen molar-refractivity contribution in [1.82, 2.24) is 4.98 Å². The molecule has 0 saturated carbocycles. The summed E-state index contributed by atoms with van der Waals surface area (Å²) in [5, 5.41) is 11.0. The zero-order valence-corrected chi connectivity index (χ0v) is 14.6. The van der Waals surface area contributed by atoms with Crippen molar-refractivity contribution >= 4 is 28.4 Å². The van der Waals surface area contributed by atoms with Crippen molar-refractivity contribution in [2.45, 2.75) is 6.61 Å². The van der Waals surface area contributed by atoms with Crippen LogP contribution in [0.25, 0.3) is 16.7 Å². The molecule has 0 spiro atoms. The van der Waals surface area contributed by atoms with Crippen LogP contribution >= 0.6 is 0 Å². The van der Waals surface area contributed by atoms with Crippen molar-refractivity contribution < 1.29 is 24.2 Å². The fraction of sp³-hybridized carbons (Fsp3) is 0.0952. The summed E-state index contributed by atoms with van der Waals surface area (Å²) < 4.78 is 10.0. The lowest BCUT2D eigenvalue weighted by atomic mass is 10.1. The molecule has 0 radical (unpaired) electrons. The molecule has 3 rings (SSSR count). The predicted molar refractivity (Wildman–Crippen MR) is 100 cm³/mol. The topological polar surface area (TPSA) is 85.7 Å². The standard InChI is InChI=1S/C21H17NO5/c1-26-21(25)20(24)12-19(23)15-7-10-17(11-8-15)27-13-16-9-6-14-4-2-3-5-18(14)22-16/h2-12,23H,13H2,1H3. The maximum atomic E-state index is 11.4. The van der Waals surface area contributed by atoms with E-state index in [1.807, 2.05) is 36.4 Å². The van der Waals surface area contributed by atoms with E-state index >= 15 is 0 Å². The lowest BCUT2D eigenvalue weighted by molar-refractivity contribution is -0.149. The van der Waals surface area contributed by atoms with E-state index in [0.717, 1.165) is 29.8 Å². The molecule has 1 N–H and O–H groups in total. The van der Waals surface area contributed by atoms with Crippen molar-refractivity contribution in [3.05, 3.63) is 78.0 Å². The first-order chi connectivity index (χ1) is 13.1. The summed E-state index contributed by atoms with van der Waals surface area (Å²) in [6.45, 7) is 0.298. The monoisotopic (exact) mass is 363 g/mol. The Morgan fingerprint density at radius 3 is 2.52 bits per heavy atom. The molecule has 0 saturated heterocycles. The number of carbonyl (C=O) groups is 2. The molecular weight excluding hydrogens is 346 g/mol. The minimum Gasteiger partial charge on any atom is -0.507 e. The number of nitrogens with zero attached hydrogens (tertiary/aromatic N) is 1. The Bertz CT molecular complexity index is 1010. The molecule has 6 heteroatoms. The van der Waals surface area contributed by atoms with Gasteiger partial charge in [-0.1, -0.05) is 24.3 Å². The van der Waals surface area contributed by atoms with Gasteiger partial charge in [-0.15, -0.1) is 0 Å². The van der Waals surface area contributed by atoms with Gasteiger partial charge in [-0.05, 0) is 36.4 Å². The van der Waals surface area contributed by atoms with Gasteiger partial charge in [0, 0.05) is 17.0 Å². The number of benzene rings is 2. The van der Waals surface area contributed by atoms with Gasteiger partial charge in [0.05, 0.1) is 18.3 Å². The Morgan fingerprint density at radius 2 is 1.78 bits per heavy atom. The van der Waals surface area contributed by atoms with Crippen molar-refractivity contribution in [3.63, 3.8) is 0 Å². The van der Waals surface area contributed by atoms with Crippen molar-refractivity contribution in [2.75, 3.05) is 7.11 Å². The highest BCUT2D eigenvalue weighted by molar-refractivity contribution is 6.39. The molecule has 0 aliphatic heterocycles. The number of carbonyl (C=O) groups excluding carboxylic acids is 2. The van der Waals surface area contributed by atoms with E-state index in [9.17, 15) is 14.7 Å². The zero-order chi connectivity index (χ0) is 19.2. The first kappa shape index (κ1) is 18.1. The summed E-state index contributed by atoms with van der Waals surface area (Å²) in [7, 11) is 1.10. The van der Waals surface area contributed by atoms with Crippen LogP contribution in [-0.4, -0.2) is 29.0 Å². The average Bonchev–Trinajstić information content (AvgIpc) is 2.71. The van der Waals surface area contributed by atoms with Crippen LogP contribution in [0.3, 0.4) is 0 Å². The first-order valence-corrected chi connectivity index (χ1v) is 8.17. The van der Waals surface area contributed by atoms with Crippen LogP contribution < -0.4 is 4.74 Å². The summed E-state index contributed by atoms with van der Waals surface area (Å²) in [4.78, 5) is 27.1. The van der Waals surface area contributed by atoms with Crippen LogP contribution in [0.5, 0.6) is 5.75 Å². The Hall–Kier alpha value is -3.67. The Morgan fingerprint density at radius 1 is 1.04 bits per heavy atom. The number of fused-ring (bicyclic) bond motifs is 1. The van der Waals surface area contributed by atoms with Gasteiger partial charge in [-0.2, -0.15) is 0 Å². The number of methoxy groups -OCH3 is 1. The quantitative estimate of drug-likeness (QED) is 0.312. The van der Waals surface area contributed by atoms with Crippen molar-refractivity contribution in [2.24, 2.45) is 0 Å². The van der Waals surface area contributed by atoms with Crippen LogP contribution in [0.15, 0.2) is 66.7 Å². The van der Waals surface area contributed by atoms with Gasteiger partial charge < -0.3 is 14.6 Å². The van der Waals surface area contributed by atoms with E-state index in [-0.39, 0.29) is 5.76 Å². The van der Waals surface area contributed by atoms with E-state index in [0.29, 0.717) is 17.9 Å². The van der Waals surface area contributed by atoms with Gasteiger partial charge in [0.1, 0.15) is 18.1 Å². The Balaban J connectivity index is 1.65. The Kier molecular flexibility index (Phi) is 5.47. The normalized spacial score (nSPS) is 11.2. The van der Waals surface area contributed by atoms with E-state index < -0.39 is 11.8 Å². The molecule has 1 heterocycles. The van der Waals surface area contributed by atoms with Gasteiger partial charge >= 0.3 is 5.97 Å². The van der Waals surface area contributed by atoms with Gasteiger partial charge in [-0.25, -0.2) is 9.78 Å². The third-order valence-electron chi connectivity index (χ3n) is 3.85. The van der Waals surface area contributed by atoms with Crippen LogP contribution in [0.2, 0.25) is 0 Å². The maximum Gasteiger partial charge on any atom is 0.378 e. The molecule has 0 unspecified atom stereocenters. The number of aromatic nitrogens is 1. The van der Waals surface area contributed by atoms with Gasteiger partial charge in [-0.3, -0.25) is 4.79 Å². The molecule has 2 aromatic carbocycles. The molecule has 0 atom stereocenters. The summed E-state index contributed by atoms with van der Waals surface area (Å²) >= 11 is 0. The molecular formula is C21H17NO5. The number of esters is 1. The van der Waals surface area contributed by atoms with Crippen molar-refractivity contribution in [3.8, 4) is 5.75 Å². The second kappa shape index (κ2) is 8.14. The third kappa shape index (κ3) is 4.49. The van der Waals surface area contributed by atoms with E-state index in [2.05, 4.69) is 9.72 Å². The third-order valence-corrected chi connectivity index (χ3v) is 3.85. The lowest BCUT2D eigenvalue weighted by Crippen LogP contribution is -2.13. The second-order valence-electron chi connectivity index (χ2n) is 5.69. The number of pyridine rings is 1. The van der Waals surface area contributed by atoms with Gasteiger partial charge in [0.2, 0.25) is 0 Å². The Labute approximate surface area is 155 Å². The number of hydrogen-bond donors (Lipinski definition) is 1. The molecule has 0 aliphatic rings. The summed E-state index contributed by atoms with van der Waals surface area (Å²) in [5.41, 5.74) is 2.08. The number of ether oxygens (including phenoxy) is 2. The lowest BCUT2D eigenvalue weighted by Gasteiger charge is -2.08. The molecule has 0 amide bonds. The SMILES string of the molecule is COC(=O)C(=O)C=C(O)c1ccc(OCc2ccc3ccccc3n2)cc1. The molecule has 0 aliphatic carbocycles. The highest BCUT2D eigenvalue weighted by Crippen LogP contribution is 2.19. The van der Waals surface area contributed by atoms with Gasteiger partial charge in [0.15, 0.2) is 0 Å². The van der Waals surface area contributed by atoms with E-state index in [4.69, 9.17) is 4.74 Å². The second-order valence-corrected chi connectivity index (χ2v) is 5.69. The molecule has 0 fully saturated rings.